The van der Waals surface area contributed by atoms with Gasteiger partial charge in [0.2, 0.25) is 0 Å². The van der Waals surface area contributed by atoms with Crippen LogP contribution in [-0.2, 0) is 0 Å². The number of aliphatic hydroxyl groups is 2. The maximum Gasteiger partial charge on any atom is 0.0676 e. The molecule has 0 rings (SSSR count). The molecule has 0 aliphatic heterocycles. The van der Waals surface area contributed by atoms with Gasteiger partial charge in [-0.25, -0.2) is 0 Å². The van der Waals surface area contributed by atoms with Gasteiger partial charge in [-0.3, -0.25) is 0 Å². The minimum Gasteiger partial charge on any atom is -0.392 e. The summed E-state index contributed by atoms with van der Waals surface area (Å²) in [6, 6.07) is 0. The number of aliphatic hydroxyl groups excluding tert-OH is 2. The largest absolute Gasteiger partial charge is 0.392 e. The van der Waals surface area contributed by atoms with Gasteiger partial charge >= 0.3 is 0 Å². The van der Waals surface area contributed by atoms with Gasteiger partial charge in [0, 0.05) is 0 Å². The van der Waals surface area contributed by atoms with Crippen molar-refractivity contribution in [3.05, 3.63) is 36.5 Å². The Bertz CT molecular complexity index is 180. The summed E-state index contributed by atoms with van der Waals surface area (Å²) >= 11 is 0. The summed E-state index contributed by atoms with van der Waals surface area (Å²) in [7, 11) is 0. The van der Waals surface area contributed by atoms with E-state index in [1.54, 1.807) is 6.08 Å². The summed E-state index contributed by atoms with van der Waals surface area (Å²) in [5.41, 5.74) is 1.53. The lowest BCUT2D eigenvalue weighted by Gasteiger charge is -1.96. The molecule has 0 heterocycles. The van der Waals surface area contributed by atoms with Crippen molar-refractivity contribution in [3.8, 4) is 0 Å². The molecule has 0 aliphatic carbocycles. The van der Waals surface area contributed by atoms with Gasteiger partial charge in [-0.2, -0.15) is 0 Å². The standard InChI is InChI=1S/C10H16O2/c1-9(7-11)5-3-4-6-10(2)8-12/h3,5,11-12H,1-2,4,6-8H2. The van der Waals surface area contributed by atoms with Crippen molar-refractivity contribution in [2.75, 3.05) is 13.2 Å². The smallest absolute Gasteiger partial charge is 0.0676 e. The molecule has 0 spiro atoms. The average molecular weight is 168 g/mol. The molecule has 0 aromatic rings. The maximum absolute atomic E-state index is 8.61. The molecule has 0 aromatic carbocycles. The first-order chi connectivity index (χ1) is 5.70. The van der Waals surface area contributed by atoms with Crippen molar-refractivity contribution in [1.29, 1.82) is 0 Å². The first kappa shape index (κ1) is 11.1. The average Bonchev–Trinajstić information content (AvgIpc) is 2.11. The molecule has 0 radical (unpaired) electrons. The quantitative estimate of drug-likeness (QED) is 0.465. The maximum atomic E-state index is 8.61. The molecule has 0 unspecified atom stereocenters. The Balaban J connectivity index is 3.48. The molecule has 68 valence electrons. The molecular weight excluding hydrogens is 152 g/mol. The van der Waals surface area contributed by atoms with E-state index in [4.69, 9.17) is 10.2 Å². The predicted octanol–water partition coefficient (Wildman–Crippen LogP) is 1.42. The van der Waals surface area contributed by atoms with E-state index in [9.17, 15) is 0 Å². The Labute approximate surface area is 73.5 Å². The van der Waals surface area contributed by atoms with E-state index in [1.165, 1.54) is 0 Å². The molecule has 0 aliphatic rings. The fourth-order valence-electron chi connectivity index (χ4n) is 0.669. The summed E-state index contributed by atoms with van der Waals surface area (Å²) in [4.78, 5) is 0. The lowest BCUT2D eigenvalue weighted by Crippen LogP contribution is -1.87. The van der Waals surface area contributed by atoms with Crippen LogP contribution >= 0.6 is 0 Å². The van der Waals surface area contributed by atoms with Crippen LogP contribution in [0.4, 0.5) is 0 Å². The molecule has 2 heteroatoms. The van der Waals surface area contributed by atoms with Gasteiger partial charge in [0.05, 0.1) is 13.2 Å². The van der Waals surface area contributed by atoms with Gasteiger partial charge in [0.15, 0.2) is 0 Å². The summed E-state index contributed by atoms with van der Waals surface area (Å²) in [5, 5.41) is 17.2. The van der Waals surface area contributed by atoms with Crippen LogP contribution in [0.1, 0.15) is 12.8 Å². The fourth-order valence-corrected chi connectivity index (χ4v) is 0.669. The van der Waals surface area contributed by atoms with Crippen LogP contribution in [0, 0.1) is 0 Å². The minimum atomic E-state index is -0.00253. The Morgan fingerprint density at radius 2 is 1.83 bits per heavy atom. The van der Waals surface area contributed by atoms with Gasteiger partial charge in [-0.15, -0.1) is 0 Å². The van der Waals surface area contributed by atoms with Crippen LogP contribution in [0.3, 0.4) is 0 Å². The highest BCUT2D eigenvalue weighted by Crippen LogP contribution is 2.02. The van der Waals surface area contributed by atoms with Gasteiger partial charge in [-0.05, 0) is 18.4 Å². The molecule has 0 fully saturated rings. The van der Waals surface area contributed by atoms with E-state index in [0.29, 0.717) is 5.57 Å². The molecule has 0 atom stereocenters. The number of hydrogen-bond donors (Lipinski definition) is 2. The molecule has 0 bridgehead atoms. The second-order valence-corrected chi connectivity index (χ2v) is 2.67. The van der Waals surface area contributed by atoms with Crippen LogP contribution in [0.15, 0.2) is 36.5 Å². The van der Waals surface area contributed by atoms with E-state index in [-0.39, 0.29) is 13.2 Å². The van der Waals surface area contributed by atoms with E-state index in [2.05, 4.69) is 13.2 Å². The van der Waals surface area contributed by atoms with Crippen molar-refractivity contribution >= 4 is 0 Å². The van der Waals surface area contributed by atoms with E-state index in [1.807, 2.05) is 6.08 Å². The zero-order valence-electron chi connectivity index (χ0n) is 7.29. The molecule has 2 N–H and O–H groups in total. The third-order valence-corrected chi connectivity index (χ3v) is 1.44. The lowest BCUT2D eigenvalue weighted by molar-refractivity contribution is 0.327. The number of allylic oxidation sites excluding steroid dienone is 1. The zero-order chi connectivity index (χ0) is 9.40. The summed E-state index contributed by atoms with van der Waals surface area (Å²) < 4.78 is 0. The zero-order valence-corrected chi connectivity index (χ0v) is 7.29. The van der Waals surface area contributed by atoms with Crippen molar-refractivity contribution in [2.24, 2.45) is 0 Å². The number of rotatable bonds is 6. The van der Waals surface area contributed by atoms with Crippen molar-refractivity contribution in [2.45, 2.75) is 12.8 Å². The first-order valence-electron chi connectivity index (χ1n) is 3.93. The van der Waals surface area contributed by atoms with Crippen LogP contribution in [0.5, 0.6) is 0 Å². The first-order valence-corrected chi connectivity index (χ1v) is 3.93. The van der Waals surface area contributed by atoms with E-state index in [0.717, 1.165) is 18.4 Å². The van der Waals surface area contributed by atoms with E-state index < -0.39 is 0 Å². The summed E-state index contributed by atoms with van der Waals surface area (Å²) in [6.07, 6.45) is 5.31. The van der Waals surface area contributed by atoms with Gasteiger partial charge in [0.25, 0.3) is 0 Å². The molecule has 12 heavy (non-hydrogen) atoms. The fraction of sp³-hybridized carbons (Fsp3) is 0.400. The Morgan fingerprint density at radius 1 is 1.17 bits per heavy atom. The van der Waals surface area contributed by atoms with Crippen molar-refractivity contribution < 1.29 is 10.2 Å². The van der Waals surface area contributed by atoms with Gasteiger partial charge in [0.1, 0.15) is 0 Å². The Morgan fingerprint density at radius 3 is 2.33 bits per heavy atom. The van der Waals surface area contributed by atoms with Crippen LogP contribution < -0.4 is 0 Å². The second kappa shape index (κ2) is 6.83. The monoisotopic (exact) mass is 168 g/mol. The van der Waals surface area contributed by atoms with Crippen LogP contribution in [0.2, 0.25) is 0 Å². The molecule has 2 nitrogen and oxygen atoms in total. The highest BCUT2D eigenvalue weighted by Gasteiger charge is 1.88. The van der Waals surface area contributed by atoms with Crippen molar-refractivity contribution in [1.82, 2.24) is 0 Å². The predicted molar refractivity (Wildman–Crippen MR) is 50.8 cm³/mol. The normalized spacial score (nSPS) is 10.5. The molecule has 0 amide bonds. The molecular formula is C10H16O2. The van der Waals surface area contributed by atoms with Crippen LogP contribution in [-0.4, -0.2) is 23.4 Å². The summed E-state index contributed by atoms with van der Waals surface area (Å²) in [5.74, 6) is 0. The highest BCUT2D eigenvalue weighted by atomic mass is 16.3. The molecule has 0 saturated heterocycles. The SMILES string of the molecule is C=C(C=CCCC(=C)CO)CO. The lowest BCUT2D eigenvalue weighted by atomic mass is 10.1. The highest BCUT2D eigenvalue weighted by molar-refractivity contribution is 5.14. The third kappa shape index (κ3) is 5.89. The Hall–Kier alpha value is -0.860. The van der Waals surface area contributed by atoms with Crippen molar-refractivity contribution in [3.63, 3.8) is 0 Å². The molecule has 0 saturated carbocycles. The number of hydrogen-bond acceptors (Lipinski definition) is 2. The van der Waals surface area contributed by atoms with Gasteiger partial charge < -0.3 is 10.2 Å². The van der Waals surface area contributed by atoms with Crippen LogP contribution in [0.25, 0.3) is 0 Å². The third-order valence-electron chi connectivity index (χ3n) is 1.44. The van der Waals surface area contributed by atoms with Gasteiger partial charge in [-0.1, -0.05) is 30.9 Å². The second-order valence-electron chi connectivity index (χ2n) is 2.67. The summed E-state index contributed by atoms with van der Waals surface area (Å²) in [6.45, 7) is 7.30. The topological polar surface area (TPSA) is 40.5 Å². The minimum absolute atomic E-state index is 0.00253. The van der Waals surface area contributed by atoms with E-state index >= 15 is 0 Å². The molecule has 0 aromatic heterocycles. The Kier molecular flexibility index (Phi) is 6.34.